The van der Waals surface area contributed by atoms with Gasteiger partial charge in [0.2, 0.25) is 0 Å². The zero-order valence-electron chi connectivity index (χ0n) is 27.3. The average molecular weight is 783 g/mol. The van der Waals surface area contributed by atoms with Crippen molar-refractivity contribution in [3.05, 3.63) is 150 Å². The first-order valence-electron chi connectivity index (χ1n) is 15.6. The van der Waals surface area contributed by atoms with E-state index in [1.807, 2.05) is 44.2 Å². The molecule has 1 aromatic heterocycles. The Bertz CT molecular complexity index is 2490. The largest absolute Gasteiger partial charge is 0.322 e. The lowest BCUT2D eigenvalue weighted by atomic mass is 10.1. The number of thioether (sulfide) groups is 1. The highest BCUT2D eigenvalue weighted by Crippen LogP contribution is 2.42. The predicted octanol–water partition coefficient (Wildman–Crippen LogP) is 11.3. The molecule has 9 nitrogen and oxygen atoms in total. The van der Waals surface area contributed by atoms with Gasteiger partial charge in [0.25, 0.3) is 17.5 Å². The van der Waals surface area contributed by atoms with Gasteiger partial charge in [-0.15, -0.1) is 11.3 Å². The van der Waals surface area contributed by atoms with Gasteiger partial charge in [-0.2, -0.15) is 0 Å². The number of halogens is 2. The molecule has 0 atom stereocenters. The van der Waals surface area contributed by atoms with Gasteiger partial charge in [0, 0.05) is 27.4 Å². The van der Waals surface area contributed by atoms with E-state index in [0.717, 1.165) is 27.6 Å². The van der Waals surface area contributed by atoms with Crippen LogP contribution < -0.4 is 10.2 Å². The first-order valence-corrected chi connectivity index (χ1v) is 18.8. The second kappa shape index (κ2) is 14.9. The summed E-state index contributed by atoms with van der Waals surface area (Å²) in [6.07, 6.45) is 1.62. The number of nitro benzene ring substituents is 1. The van der Waals surface area contributed by atoms with Crippen molar-refractivity contribution in [2.45, 2.75) is 23.1 Å². The molecule has 0 saturated carbocycles. The van der Waals surface area contributed by atoms with Gasteiger partial charge in [-0.25, -0.2) is 9.98 Å². The maximum Gasteiger partial charge on any atom is 0.283 e. The summed E-state index contributed by atoms with van der Waals surface area (Å²) < 4.78 is 1.42. The Morgan fingerprint density at radius 2 is 1.69 bits per heavy atom. The number of nitrogens with zero attached hydrogens (tertiary/aromatic N) is 4. The maximum atomic E-state index is 13.9. The molecule has 52 heavy (non-hydrogen) atoms. The number of hydrogen-bond acceptors (Lipinski definition) is 9. The van der Waals surface area contributed by atoms with Gasteiger partial charge in [0.15, 0.2) is 9.51 Å². The molecule has 2 heterocycles. The van der Waals surface area contributed by atoms with Crippen molar-refractivity contribution in [3.8, 4) is 0 Å². The van der Waals surface area contributed by atoms with Crippen LogP contribution in [-0.2, 0) is 4.79 Å². The standard InChI is InChI=1S/C38H25Cl2N5O4S3/c1-21-8-11-25(18-28(21)39)42-37-44(27-13-9-22(2)29(40)20-27)36(47)34(50-37)17-23-10-15-32(31(16-23)45(48)49)51-38-43-30-14-12-26(19-33(30)52-38)41-35(46)24-6-4-3-5-7-24/h3-20H,1-2H3,(H,41,46)/b34-17-,42-37?. The summed E-state index contributed by atoms with van der Waals surface area (Å²) in [7, 11) is 0. The monoisotopic (exact) mass is 781 g/mol. The molecule has 1 saturated heterocycles. The lowest BCUT2D eigenvalue weighted by Gasteiger charge is -2.16. The normalized spacial score (nSPS) is 14.5. The third kappa shape index (κ3) is 7.62. The second-order valence-electron chi connectivity index (χ2n) is 11.6. The van der Waals surface area contributed by atoms with E-state index in [4.69, 9.17) is 28.2 Å². The molecular weight excluding hydrogens is 758 g/mol. The Labute approximate surface area is 320 Å². The molecule has 0 bridgehead atoms. The predicted molar refractivity (Wildman–Crippen MR) is 214 cm³/mol. The lowest BCUT2D eigenvalue weighted by molar-refractivity contribution is -0.387. The molecule has 0 spiro atoms. The van der Waals surface area contributed by atoms with E-state index < -0.39 is 4.92 Å². The van der Waals surface area contributed by atoms with Crippen molar-refractivity contribution in [1.82, 2.24) is 4.98 Å². The number of benzene rings is 5. The topological polar surface area (TPSA) is 118 Å². The van der Waals surface area contributed by atoms with Crippen molar-refractivity contribution in [3.63, 3.8) is 0 Å². The quantitative estimate of drug-likeness (QED) is 0.0927. The number of aliphatic imine (C=N–C) groups is 1. The molecule has 6 aromatic rings. The maximum absolute atomic E-state index is 13.9. The van der Waals surface area contributed by atoms with Gasteiger partial charge in [-0.05, 0) is 109 Å². The van der Waals surface area contributed by atoms with Crippen LogP contribution in [0.2, 0.25) is 10.0 Å². The molecule has 258 valence electrons. The fourth-order valence-electron chi connectivity index (χ4n) is 5.18. The number of amides is 2. The summed E-state index contributed by atoms with van der Waals surface area (Å²) in [4.78, 5) is 50.0. The summed E-state index contributed by atoms with van der Waals surface area (Å²) >= 11 is 16.5. The number of aryl methyl sites for hydroxylation is 2. The van der Waals surface area contributed by atoms with Gasteiger partial charge in [-0.3, -0.25) is 24.6 Å². The zero-order valence-corrected chi connectivity index (χ0v) is 31.3. The number of carbonyl (C=O) groups excluding carboxylic acids is 2. The highest BCUT2D eigenvalue weighted by atomic mass is 35.5. The molecule has 7 rings (SSSR count). The number of nitro groups is 1. The van der Waals surface area contributed by atoms with Gasteiger partial charge in [0.05, 0.1) is 36.3 Å². The highest BCUT2D eigenvalue weighted by Gasteiger charge is 2.35. The van der Waals surface area contributed by atoms with Crippen LogP contribution in [0.25, 0.3) is 16.3 Å². The second-order valence-corrected chi connectivity index (χ2v) is 15.7. The SMILES string of the molecule is Cc1ccc(N=C2S/C(=C\c3ccc(Sc4nc5ccc(NC(=O)c6ccccc6)cc5s4)c([N+](=O)[O-])c3)C(=O)N2c2ccc(C)c(Cl)c2)cc1Cl. The first-order chi connectivity index (χ1) is 25.0. The minimum Gasteiger partial charge on any atom is -0.322 e. The van der Waals surface area contributed by atoms with Crippen molar-refractivity contribution in [1.29, 1.82) is 0 Å². The van der Waals surface area contributed by atoms with Gasteiger partial charge >= 0.3 is 0 Å². The summed E-state index contributed by atoms with van der Waals surface area (Å²) in [6, 6.07) is 29.8. The molecule has 5 aromatic carbocycles. The Balaban J connectivity index is 1.16. The number of carbonyl (C=O) groups is 2. The zero-order chi connectivity index (χ0) is 36.5. The number of thiazole rings is 1. The molecule has 1 aliphatic rings. The number of rotatable bonds is 8. The minimum absolute atomic E-state index is 0.129. The average Bonchev–Trinajstić information content (AvgIpc) is 3.67. The Morgan fingerprint density at radius 1 is 0.942 bits per heavy atom. The van der Waals surface area contributed by atoms with Gasteiger partial charge < -0.3 is 5.32 Å². The summed E-state index contributed by atoms with van der Waals surface area (Å²) in [5, 5.41) is 16.6. The van der Waals surface area contributed by atoms with E-state index in [2.05, 4.69) is 10.3 Å². The van der Waals surface area contributed by atoms with Crippen LogP contribution >= 0.6 is 58.1 Å². The first kappa shape index (κ1) is 35.4. The third-order valence-corrected chi connectivity index (χ3v) is 11.9. The Kier molecular flexibility index (Phi) is 10.2. The molecule has 14 heteroatoms. The number of nitrogens with one attached hydrogen (secondary N) is 1. The fraction of sp³-hybridized carbons (Fsp3) is 0.0526. The van der Waals surface area contributed by atoms with Crippen LogP contribution in [0.3, 0.4) is 0 Å². The molecule has 2 amide bonds. The molecule has 0 unspecified atom stereocenters. The smallest absolute Gasteiger partial charge is 0.283 e. The Morgan fingerprint density at radius 3 is 2.42 bits per heavy atom. The van der Waals surface area contributed by atoms with Crippen LogP contribution in [0.5, 0.6) is 0 Å². The number of anilines is 2. The van der Waals surface area contributed by atoms with E-state index in [1.165, 1.54) is 34.1 Å². The van der Waals surface area contributed by atoms with Crippen molar-refractivity contribution < 1.29 is 14.5 Å². The molecule has 1 fully saturated rings. The number of amidine groups is 1. The van der Waals surface area contributed by atoms with E-state index in [1.54, 1.807) is 72.8 Å². The summed E-state index contributed by atoms with van der Waals surface area (Å²) in [5.74, 6) is -0.578. The van der Waals surface area contributed by atoms with Crippen LogP contribution in [0.1, 0.15) is 27.0 Å². The van der Waals surface area contributed by atoms with Gasteiger partial charge in [0.1, 0.15) is 0 Å². The van der Waals surface area contributed by atoms with Gasteiger partial charge in [-0.1, -0.05) is 71.4 Å². The van der Waals surface area contributed by atoms with Crippen LogP contribution in [0.4, 0.5) is 22.7 Å². The molecule has 0 radical (unpaired) electrons. The van der Waals surface area contributed by atoms with Crippen LogP contribution in [-0.4, -0.2) is 26.9 Å². The van der Waals surface area contributed by atoms with Crippen molar-refractivity contribution >= 4 is 114 Å². The Hall–Kier alpha value is -4.98. The van der Waals surface area contributed by atoms with Crippen LogP contribution in [0.15, 0.2) is 122 Å². The molecule has 1 N–H and O–H groups in total. The third-order valence-electron chi connectivity index (χ3n) is 7.94. The van der Waals surface area contributed by atoms with Crippen LogP contribution in [0, 0.1) is 24.0 Å². The van der Waals surface area contributed by atoms with Crippen molar-refractivity contribution in [2.24, 2.45) is 4.99 Å². The number of aromatic nitrogens is 1. The highest BCUT2D eigenvalue weighted by molar-refractivity contribution is 8.19. The molecular formula is C38H25Cl2N5O4S3. The summed E-state index contributed by atoms with van der Waals surface area (Å²) in [5.41, 5.74) is 5.06. The number of fused-ring (bicyclic) bond motifs is 1. The van der Waals surface area contributed by atoms with E-state index in [9.17, 15) is 19.7 Å². The summed E-state index contributed by atoms with van der Waals surface area (Å²) in [6.45, 7) is 3.76. The number of hydrogen-bond donors (Lipinski definition) is 1. The van der Waals surface area contributed by atoms with E-state index in [-0.39, 0.29) is 17.5 Å². The van der Waals surface area contributed by atoms with E-state index in [0.29, 0.717) is 63.1 Å². The molecule has 1 aliphatic heterocycles. The fourth-order valence-corrected chi connectivity index (χ4v) is 8.67. The lowest BCUT2D eigenvalue weighted by Crippen LogP contribution is -2.28. The molecule has 0 aliphatic carbocycles. The van der Waals surface area contributed by atoms with Crippen molar-refractivity contribution in [2.75, 3.05) is 10.2 Å². The minimum atomic E-state index is -0.451. The van der Waals surface area contributed by atoms with E-state index >= 15 is 0 Å².